The van der Waals surface area contributed by atoms with Crippen molar-refractivity contribution in [1.29, 1.82) is 0 Å². The second-order valence-electron chi connectivity index (χ2n) is 7.91. The van der Waals surface area contributed by atoms with Crippen LogP contribution in [0.25, 0.3) is 0 Å². The molecular weight excluding hydrogens is 258 g/mol. The Bertz CT molecular complexity index is 332. The van der Waals surface area contributed by atoms with Crippen molar-refractivity contribution >= 4 is 0 Å². The Hall–Kier alpha value is -0.0800. The van der Waals surface area contributed by atoms with Crippen LogP contribution >= 0.6 is 0 Å². The van der Waals surface area contributed by atoms with Crippen molar-refractivity contribution in [2.24, 2.45) is 5.92 Å². The molecular formula is C19H35NO. The van der Waals surface area contributed by atoms with E-state index < -0.39 is 0 Å². The Kier molecular flexibility index (Phi) is 5.27. The number of rotatable bonds is 6. The summed E-state index contributed by atoms with van der Waals surface area (Å²) in [6, 6.07) is 1.25. The molecule has 0 radical (unpaired) electrons. The molecule has 0 amide bonds. The Balaban J connectivity index is 1.70. The van der Waals surface area contributed by atoms with Crippen LogP contribution in [0.15, 0.2) is 0 Å². The Morgan fingerprint density at radius 2 is 1.86 bits per heavy atom. The van der Waals surface area contributed by atoms with Crippen LogP contribution < -0.4 is 0 Å². The van der Waals surface area contributed by atoms with Gasteiger partial charge in [-0.2, -0.15) is 0 Å². The van der Waals surface area contributed by atoms with Gasteiger partial charge in [0, 0.05) is 17.6 Å². The summed E-state index contributed by atoms with van der Waals surface area (Å²) in [7, 11) is 0. The van der Waals surface area contributed by atoms with E-state index in [9.17, 15) is 5.11 Å². The quantitative estimate of drug-likeness (QED) is 0.729. The fraction of sp³-hybridized carbons (Fsp3) is 1.00. The molecule has 3 fully saturated rings. The van der Waals surface area contributed by atoms with E-state index in [0.29, 0.717) is 18.2 Å². The van der Waals surface area contributed by atoms with Crippen molar-refractivity contribution in [3.8, 4) is 0 Å². The van der Waals surface area contributed by atoms with Gasteiger partial charge in [-0.1, -0.05) is 45.4 Å². The summed E-state index contributed by atoms with van der Waals surface area (Å²) < 4.78 is 0. The van der Waals surface area contributed by atoms with Crippen LogP contribution in [0.2, 0.25) is 0 Å². The van der Waals surface area contributed by atoms with Gasteiger partial charge in [-0.25, -0.2) is 0 Å². The molecule has 21 heavy (non-hydrogen) atoms. The van der Waals surface area contributed by atoms with Crippen molar-refractivity contribution < 1.29 is 5.11 Å². The first-order valence-electron chi connectivity index (χ1n) is 9.71. The maximum atomic E-state index is 9.88. The molecule has 1 saturated carbocycles. The average Bonchev–Trinajstić information content (AvgIpc) is 2.90. The summed E-state index contributed by atoms with van der Waals surface area (Å²) in [5, 5.41) is 9.88. The minimum absolute atomic E-state index is 0.389. The minimum Gasteiger partial charge on any atom is -0.395 e. The van der Waals surface area contributed by atoms with Crippen molar-refractivity contribution in [3.63, 3.8) is 0 Å². The number of aliphatic hydroxyl groups is 1. The van der Waals surface area contributed by atoms with E-state index in [1.165, 1.54) is 83.5 Å². The molecule has 0 unspecified atom stereocenters. The summed E-state index contributed by atoms with van der Waals surface area (Å²) in [6.45, 7) is 2.68. The molecule has 1 spiro atoms. The zero-order chi connectivity index (χ0) is 14.7. The van der Waals surface area contributed by atoms with Gasteiger partial charge in [0.15, 0.2) is 0 Å². The Labute approximate surface area is 131 Å². The highest BCUT2D eigenvalue weighted by atomic mass is 16.3. The maximum Gasteiger partial charge on any atom is 0.0587 e. The molecule has 4 atom stereocenters. The first-order valence-corrected chi connectivity index (χ1v) is 9.71. The molecule has 0 aromatic heterocycles. The third-order valence-electron chi connectivity index (χ3n) is 6.83. The summed E-state index contributed by atoms with van der Waals surface area (Å²) in [6.07, 6.45) is 18.1. The van der Waals surface area contributed by atoms with Crippen molar-refractivity contribution in [2.75, 3.05) is 6.61 Å². The molecule has 3 rings (SSSR count). The molecule has 0 bridgehead atoms. The predicted molar refractivity (Wildman–Crippen MR) is 88.4 cm³/mol. The highest BCUT2D eigenvalue weighted by Gasteiger charge is 2.55. The highest BCUT2D eigenvalue weighted by molar-refractivity contribution is 5.10. The van der Waals surface area contributed by atoms with E-state index >= 15 is 0 Å². The van der Waals surface area contributed by atoms with Crippen LogP contribution in [0, 0.1) is 5.92 Å². The first-order chi connectivity index (χ1) is 10.3. The Morgan fingerprint density at radius 3 is 2.67 bits per heavy atom. The topological polar surface area (TPSA) is 23.5 Å². The summed E-state index contributed by atoms with van der Waals surface area (Å²) >= 11 is 0. The smallest absolute Gasteiger partial charge is 0.0587 e. The van der Waals surface area contributed by atoms with Crippen LogP contribution in [0.3, 0.4) is 0 Å². The van der Waals surface area contributed by atoms with Crippen molar-refractivity contribution in [3.05, 3.63) is 0 Å². The number of aliphatic hydroxyl groups excluding tert-OH is 1. The van der Waals surface area contributed by atoms with E-state index in [1.54, 1.807) is 0 Å². The van der Waals surface area contributed by atoms with Crippen LogP contribution in [0.1, 0.15) is 90.4 Å². The van der Waals surface area contributed by atoms with Crippen LogP contribution in [-0.4, -0.2) is 34.2 Å². The molecule has 2 aliphatic heterocycles. The standard InChI is InChI=1S/C19H35NO/c1-2-3-4-5-9-17-11-10-16-8-6-7-13-19(16)14-12-18(15-21)20(17)19/h16-18,21H,2-15H2,1H3/t16-,17+,18+,19+/m1/s1. The number of nitrogens with zero attached hydrogens (tertiary/aromatic N) is 1. The molecule has 122 valence electrons. The van der Waals surface area contributed by atoms with Gasteiger partial charge in [-0.05, 0) is 50.9 Å². The molecule has 2 heterocycles. The van der Waals surface area contributed by atoms with Crippen LogP contribution in [0.5, 0.6) is 0 Å². The first kappa shape index (κ1) is 15.8. The van der Waals surface area contributed by atoms with E-state index in [1.807, 2.05) is 0 Å². The lowest BCUT2D eigenvalue weighted by Gasteiger charge is -2.56. The SMILES string of the molecule is CCCCCC[C@H]1CC[C@H]2CCCC[C@]23CC[C@@H](CO)N13. The second-order valence-corrected chi connectivity index (χ2v) is 7.91. The van der Waals surface area contributed by atoms with E-state index in [4.69, 9.17) is 0 Å². The normalized spacial score (nSPS) is 40.0. The summed E-state index contributed by atoms with van der Waals surface area (Å²) in [5.41, 5.74) is 0.499. The zero-order valence-electron chi connectivity index (χ0n) is 14.0. The monoisotopic (exact) mass is 293 g/mol. The molecule has 0 aromatic carbocycles. The summed E-state index contributed by atoms with van der Waals surface area (Å²) in [5.74, 6) is 0.940. The van der Waals surface area contributed by atoms with Gasteiger partial charge in [-0.3, -0.25) is 4.90 Å². The van der Waals surface area contributed by atoms with Gasteiger partial charge in [0.05, 0.1) is 6.61 Å². The molecule has 1 N–H and O–H groups in total. The third kappa shape index (κ3) is 2.91. The lowest BCUT2D eigenvalue weighted by atomic mass is 9.66. The third-order valence-corrected chi connectivity index (χ3v) is 6.83. The predicted octanol–water partition coefficient (Wildman–Crippen LogP) is 4.50. The Morgan fingerprint density at radius 1 is 0.952 bits per heavy atom. The highest BCUT2D eigenvalue weighted by Crippen LogP contribution is 2.54. The number of piperidine rings is 1. The molecule has 3 aliphatic rings. The van der Waals surface area contributed by atoms with Gasteiger partial charge in [0.2, 0.25) is 0 Å². The average molecular weight is 293 g/mol. The van der Waals surface area contributed by atoms with Gasteiger partial charge < -0.3 is 5.11 Å². The van der Waals surface area contributed by atoms with Gasteiger partial charge in [0.1, 0.15) is 0 Å². The number of hydrogen-bond acceptors (Lipinski definition) is 2. The zero-order valence-corrected chi connectivity index (χ0v) is 14.0. The van der Waals surface area contributed by atoms with Crippen LogP contribution in [-0.2, 0) is 0 Å². The molecule has 2 nitrogen and oxygen atoms in total. The van der Waals surface area contributed by atoms with E-state index in [0.717, 1.165) is 12.0 Å². The minimum atomic E-state index is 0.389. The molecule has 1 aliphatic carbocycles. The van der Waals surface area contributed by atoms with E-state index in [-0.39, 0.29) is 0 Å². The van der Waals surface area contributed by atoms with Gasteiger partial charge >= 0.3 is 0 Å². The molecule has 2 saturated heterocycles. The second kappa shape index (κ2) is 7.00. The lowest BCUT2D eigenvalue weighted by molar-refractivity contribution is -0.0702. The van der Waals surface area contributed by atoms with E-state index in [2.05, 4.69) is 11.8 Å². The van der Waals surface area contributed by atoms with Gasteiger partial charge in [0.25, 0.3) is 0 Å². The molecule has 0 aromatic rings. The number of unbranched alkanes of at least 4 members (excludes halogenated alkanes) is 3. The van der Waals surface area contributed by atoms with Crippen LogP contribution in [0.4, 0.5) is 0 Å². The van der Waals surface area contributed by atoms with Crippen molar-refractivity contribution in [2.45, 2.75) is 108 Å². The maximum absolute atomic E-state index is 9.88. The number of hydrogen-bond donors (Lipinski definition) is 1. The lowest BCUT2D eigenvalue weighted by Crippen LogP contribution is -2.61. The molecule has 2 heteroatoms. The largest absolute Gasteiger partial charge is 0.395 e. The summed E-state index contributed by atoms with van der Waals surface area (Å²) in [4.78, 5) is 2.87. The fourth-order valence-corrected chi connectivity index (χ4v) is 5.89. The van der Waals surface area contributed by atoms with Crippen molar-refractivity contribution in [1.82, 2.24) is 4.90 Å². The fourth-order valence-electron chi connectivity index (χ4n) is 5.89. The van der Waals surface area contributed by atoms with Gasteiger partial charge in [-0.15, -0.1) is 0 Å².